The van der Waals surface area contributed by atoms with E-state index in [1.54, 1.807) is 0 Å². The maximum atomic E-state index is 2.64. The topological polar surface area (TPSA) is 3.24 Å². The molecule has 0 bridgehead atoms. The smallest absolute Gasteiger partial charge is 0.0461 e. The van der Waals surface area contributed by atoms with E-state index in [0.29, 0.717) is 17.8 Å². The van der Waals surface area contributed by atoms with E-state index >= 15 is 0 Å². The first-order valence-electron chi connectivity index (χ1n) is 28.3. The summed E-state index contributed by atoms with van der Waals surface area (Å²) in [5, 5.41) is 2.72. The highest BCUT2D eigenvalue weighted by molar-refractivity contribution is 6.05. The lowest BCUT2D eigenvalue weighted by atomic mass is 9.76. The number of fused-ring (bicyclic) bond motifs is 8. The van der Waals surface area contributed by atoms with Crippen molar-refractivity contribution in [3.8, 4) is 22.3 Å². The number of nitrogens with zero attached hydrogens (tertiary/aromatic N) is 1. The second kappa shape index (κ2) is 18.4. The summed E-state index contributed by atoms with van der Waals surface area (Å²) in [6.45, 7) is 9.80. The summed E-state index contributed by atoms with van der Waals surface area (Å²) in [5.41, 5.74) is 23.5. The zero-order valence-electron chi connectivity index (χ0n) is 43.5. The first kappa shape index (κ1) is 45.7. The van der Waals surface area contributed by atoms with Crippen molar-refractivity contribution in [2.75, 3.05) is 4.90 Å². The molecule has 1 atom stereocenters. The molecule has 3 fully saturated rings. The van der Waals surface area contributed by atoms with Crippen molar-refractivity contribution in [1.82, 2.24) is 0 Å². The highest BCUT2D eigenvalue weighted by atomic mass is 15.1. The second-order valence-corrected chi connectivity index (χ2v) is 23.9. The Balaban J connectivity index is 0.938. The maximum absolute atomic E-state index is 2.64. The van der Waals surface area contributed by atoms with Crippen LogP contribution in [0.15, 0.2) is 164 Å². The predicted octanol–water partition coefficient (Wildman–Crippen LogP) is 20.2. The van der Waals surface area contributed by atoms with E-state index in [-0.39, 0.29) is 16.7 Å². The SMILES string of the molecule is CC1(C)c2ccccc2-c2cc3c(cc21)-c1c(cc(C(c2ccc(C4CCCCC4)cc2)c2ccc(N(c4ccc(C5CCCCC5)cc4)c4ccc(C5CCCCC5)cc4)cc2)c2ccccc12)C3(C)C. The minimum Gasteiger partial charge on any atom is -0.311 e. The minimum absolute atomic E-state index is 0.0444. The molecule has 3 saturated carbocycles. The molecule has 0 aliphatic heterocycles. The van der Waals surface area contributed by atoms with Crippen LogP contribution < -0.4 is 4.90 Å². The number of hydrogen-bond acceptors (Lipinski definition) is 1. The molecular formula is C71H73N. The second-order valence-electron chi connectivity index (χ2n) is 23.9. The van der Waals surface area contributed by atoms with E-state index in [1.165, 1.54) is 202 Å². The third-order valence-electron chi connectivity index (χ3n) is 19.0. The van der Waals surface area contributed by atoms with Gasteiger partial charge in [-0.2, -0.15) is 0 Å². The first-order chi connectivity index (χ1) is 35.2. The number of hydrogen-bond donors (Lipinski definition) is 0. The Hall–Kier alpha value is -6.18. The molecule has 0 radical (unpaired) electrons. The molecule has 1 nitrogen and oxygen atoms in total. The van der Waals surface area contributed by atoms with Crippen molar-refractivity contribution in [2.45, 2.75) is 159 Å². The summed E-state index contributed by atoms with van der Waals surface area (Å²) < 4.78 is 0. The van der Waals surface area contributed by atoms with Crippen LogP contribution in [0.1, 0.15) is 203 Å². The molecule has 8 aromatic carbocycles. The number of anilines is 3. The molecular weight excluding hydrogens is 867 g/mol. The van der Waals surface area contributed by atoms with Gasteiger partial charge in [-0.15, -0.1) is 0 Å². The van der Waals surface area contributed by atoms with Crippen molar-refractivity contribution in [2.24, 2.45) is 0 Å². The Labute approximate surface area is 430 Å². The quantitative estimate of drug-likeness (QED) is 0.130. The average molecular weight is 940 g/mol. The lowest BCUT2D eigenvalue weighted by Crippen LogP contribution is -2.17. The molecule has 0 heterocycles. The Morgan fingerprint density at radius 2 is 0.764 bits per heavy atom. The fourth-order valence-electron chi connectivity index (χ4n) is 14.9. The van der Waals surface area contributed by atoms with Gasteiger partial charge in [0.05, 0.1) is 0 Å². The molecule has 362 valence electrons. The fraction of sp³-hybridized carbons (Fsp3) is 0.352. The van der Waals surface area contributed by atoms with E-state index < -0.39 is 0 Å². The van der Waals surface area contributed by atoms with Crippen LogP contribution in [0.3, 0.4) is 0 Å². The van der Waals surface area contributed by atoms with Crippen LogP contribution in [0.25, 0.3) is 33.0 Å². The van der Waals surface area contributed by atoms with Gasteiger partial charge in [0.2, 0.25) is 0 Å². The summed E-state index contributed by atoms with van der Waals surface area (Å²) in [7, 11) is 0. The minimum atomic E-state index is -0.182. The van der Waals surface area contributed by atoms with Crippen LogP contribution in [-0.4, -0.2) is 0 Å². The van der Waals surface area contributed by atoms with Crippen molar-refractivity contribution in [3.63, 3.8) is 0 Å². The van der Waals surface area contributed by atoms with Gasteiger partial charge in [-0.25, -0.2) is 0 Å². The fourth-order valence-corrected chi connectivity index (χ4v) is 14.9. The molecule has 0 saturated heterocycles. The highest BCUT2D eigenvalue weighted by Gasteiger charge is 2.43. The van der Waals surface area contributed by atoms with Crippen LogP contribution in [0, 0.1) is 0 Å². The van der Waals surface area contributed by atoms with E-state index in [1.807, 2.05) is 0 Å². The molecule has 1 unspecified atom stereocenters. The van der Waals surface area contributed by atoms with Crippen LogP contribution in [0.5, 0.6) is 0 Å². The summed E-state index contributed by atoms with van der Waals surface area (Å²) >= 11 is 0. The zero-order chi connectivity index (χ0) is 48.6. The lowest BCUT2D eigenvalue weighted by Gasteiger charge is -2.29. The first-order valence-corrected chi connectivity index (χ1v) is 28.3. The summed E-state index contributed by atoms with van der Waals surface area (Å²) in [5.74, 6) is 2.08. The largest absolute Gasteiger partial charge is 0.311 e. The number of rotatable bonds is 9. The summed E-state index contributed by atoms with van der Waals surface area (Å²) in [6.07, 6.45) is 20.1. The Morgan fingerprint density at radius 1 is 0.361 bits per heavy atom. The average Bonchev–Trinajstić information content (AvgIpc) is 3.80. The van der Waals surface area contributed by atoms with Gasteiger partial charge in [-0.1, -0.05) is 201 Å². The Bertz CT molecular complexity index is 3200. The van der Waals surface area contributed by atoms with Crippen LogP contribution >= 0.6 is 0 Å². The van der Waals surface area contributed by atoms with Gasteiger partial charge >= 0.3 is 0 Å². The van der Waals surface area contributed by atoms with E-state index in [2.05, 4.69) is 196 Å². The summed E-state index contributed by atoms with van der Waals surface area (Å²) in [4.78, 5) is 2.51. The van der Waals surface area contributed by atoms with Gasteiger partial charge in [0.25, 0.3) is 0 Å². The van der Waals surface area contributed by atoms with Gasteiger partial charge in [-0.3, -0.25) is 0 Å². The van der Waals surface area contributed by atoms with Crippen LogP contribution in [0.4, 0.5) is 17.1 Å². The van der Waals surface area contributed by atoms with Crippen molar-refractivity contribution in [3.05, 3.63) is 219 Å². The molecule has 1 heteroatoms. The molecule has 0 N–H and O–H groups in total. The lowest BCUT2D eigenvalue weighted by molar-refractivity contribution is 0.443. The molecule has 5 aliphatic rings. The van der Waals surface area contributed by atoms with Gasteiger partial charge in [0.15, 0.2) is 0 Å². The third-order valence-corrected chi connectivity index (χ3v) is 19.0. The maximum Gasteiger partial charge on any atom is 0.0461 e. The van der Waals surface area contributed by atoms with Crippen LogP contribution in [0.2, 0.25) is 0 Å². The molecule has 0 spiro atoms. The third kappa shape index (κ3) is 7.79. The van der Waals surface area contributed by atoms with Crippen molar-refractivity contribution < 1.29 is 0 Å². The van der Waals surface area contributed by atoms with E-state index in [9.17, 15) is 0 Å². The predicted molar refractivity (Wildman–Crippen MR) is 305 cm³/mol. The monoisotopic (exact) mass is 940 g/mol. The Kier molecular flexibility index (Phi) is 11.7. The molecule has 8 aromatic rings. The van der Waals surface area contributed by atoms with Gasteiger partial charge in [0.1, 0.15) is 0 Å². The zero-order valence-corrected chi connectivity index (χ0v) is 43.5. The van der Waals surface area contributed by atoms with Crippen LogP contribution in [-0.2, 0) is 10.8 Å². The van der Waals surface area contributed by atoms with Gasteiger partial charge in [-0.05, 0) is 193 Å². The standard InChI is InChI=1S/C71H73N/c1-70(2)64-27-17-16-25-59(64)61-44-66-63(46-65(61)70)69-60-26-15-14-24-58(60)62(45-67(69)71(66,3)4)68(53-30-28-50(29-31-53)47-18-8-5-9-19-47)54-36-42-57(43-37-54)72(55-38-32-51(33-39-55)48-20-10-6-11-21-48)56-40-34-52(35-41-56)49-22-12-7-13-23-49/h14-17,24-49,68H,5-13,18-23H2,1-4H3. The molecule has 5 aliphatic carbocycles. The van der Waals surface area contributed by atoms with Gasteiger partial charge in [0, 0.05) is 33.8 Å². The van der Waals surface area contributed by atoms with Crippen molar-refractivity contribution >= 4 is 27.8 Å². The molecule has 0 aromatic heterocycles. The molecule has 72 heavy (non-hydrogen) atoms. The Morgan fingerprint density at radius 3 is 1.29 bits per heavy atom. The highest BCUT2D eigenvalue weighted by Crippen LogP contribution is 2.58. The van der Waals surface area contributed by atoms with E-state index in [0.717, 1.165) is 0 Å². The molecule has 13 rings (SSSR count). The van der Waals surface area contributed by atoms with Crippen molar-refractivity contribution in [1.29, 1.82) is 0 Å². The van der Waals surface area contributed by atoms with Gasteiger partial charge < -0.3 is 4.90 Å². The normalized spacial score (nSPS) is 18.8. The molecule has 0 amide bonds. The summed E-state index contributed by atoms with van der Waals surface area (Å²) in [6, 6.07) is 65.3. The van der Waals surface area contributed by atoms with E-state index in [4.69, 9.17) is 0 Å². The number of benzene rings is 8.